The van der Waals surface area contributed by atoms with Crippen LogP contribution in [-0.2, 0) is 10.0 Å². The quantitative estimate of drug-likeness (QED) is 0.701. The first-order chi connectivity index (χ1) is 9.29. The molecule has 106 valence electrons. The maximum Gasteiger partial charge on any atom is 0.263 e. The van der Waals surface area contributed by atoms with Crippen LogP contribution in [0, 0.1) is 0 Å². The molecule has 0 spiro atoms. The van der Waals surface area contributed by atoms with E-state index >= 15 is 0 Å². The molecule has 0 atom stereocenters. The largest absolute Gasteiger partial charge is 0.399 e. The zero-order valence-electron chi connectivity index (χ0n) is 9.90. The van der Waals surface area contributed by atoms with Crippen LogP contribution >= 0.6 is 43.5 Å². The maximum absolute atomic E-state index is 12.3. The third-order valence-electron chi connectivity index (χ3n) is 2.42. The van der Waals surface area contributed by atoms with Crippen molar-refractivity contribution in [2.75, 3.05) is 10.5 Å². The molecule has 3 N–H and O–H groups in total. The van der Waals surface area contributed by atoms with E-state index in [0.717, 1.165) is 4.47 Å². The molecule has 0 radical (unpaired) electrons. The van der Waals surface area contributed by atoms with E-state index in [2.05, 4.69) is 36.6 Å². The van der Waals surface area contributed by atoms with Crippen molar-refractivity contribution in [3.63, 3.8) is 0 Å². The summed E-state index contributed by atoms with van der Waals surface area (Å²) < 4.78 is 28.5. The lowest BCUT2D eigenvalue weighted by molar-refractivity contribution is 0.601. The lowest BCUT2D eigenvalue weighted by atomic mass is 10.3. The second-order valence-electron chi connectivity index (χ2n) is 3.92. The van der Waals surface area contributed by atoms with Gasteiger partial charge in [0.2, 0.25) is 0 Å². The summed E-state index contributed by atoms with van der Waals surface area (Å²) in [6, 6.07) is 9.35. The fourth-order valence-electron chi connectivity index (χ4n) is 1.51. The van der Waals surface area contributed by atoms with Crippen LogP contribution in [0.5, 0.6) is 0 Å². The van der Waals surface area contributed by atoms with Gasteiger partial charge >= 0.3 is 0 Å². The van der Waals surface area contributed by atoms with E-state index in [1.54, 1.807) is 18.2 Å². The normalized spacial score (nSPS) is 11.3. The molecule has 0 saturated heterocycles. The fraction of sp³-hybridized carbons (Fsp3) is 0. The summed E-state index contributed by atoms with van der Waals surface area (Å²) in [5.41, 5.74) is 6.37. The molecule has 0 amide bonds. The highest BCUT2D eigenvalue weighted by Crippen LogP contribution is 2.30. The zero-order chi connectivity index (χ0) is 14.9. The van der Waals surface area contributed by atoms with E-state index in [1.165, 1.54) is 18.2 Å². The van der Waals surface area contributed by atoms with Crippen LogP contribution in [0.1, 0.15) is 0 Å². The van der Waals surface area contributed by atoms with E-state index in [-0.39, 0.29) is 9.92 Å². The van der Waals surface area contributed by atoms with Crippen molar-refractivity contribution in [3.8, 4) is 0 Å². The van der Waals surface area contributed by atoms with Crippen LogP contribution in [0.4, 0.5) is 11.4 Å². The molecule has 2 aromatic carbocycles. The van der Waals surface area contributed by atoms with Crippen molar-refractivity contribution in [1.29, 1.82) is 0 Å². The molecule has 0 fully saturated rings. The molecule has 0 aromatic heterocycles. The van der Waals surface area contributed by atoms with Gasteiger partial charge in [-0.2, -0.15) is 0 Å². The average molecular weight is 441 g/mol. The van der Waals surface area contributed by atoms with Gasteiger partial charge in [-0.25, -0.2) is 8.42 Å². The number of hydrogen-bond acceptors (Lipinski definition) is 3. The SMILES string of the molecule is Nc1ccc(S(=O)(=O)Nc2ccc(Br)cc2Br)c(Cl)c1. The first-order valence-corrected chi connectivity index (χ1v) is 8.77. The molecule has 20 heavy (non-hydrogen) atoms. The minimum absolute atomic E-state index is 0.0248. The number of halogens is 3. The van der Waals surface area contributed by atoms with Crippen LogP contribution in [0.15, 0.2) is 50.2 Å². The molecule has 2 rings (SSSR count). The summed E-state index contributed by atoms with van der Waals surface area (Å²) in [5, 5.41) is 0.0748. The van der Waals surface area contributed by atoms with Crippen LogP contribution in [0.3, 0.4) is 0 Å². The van der Waals surface area contributed by atoms with Gasteiger partial charge < -0.3 is 5.73 Å². The summed E-state index contributed by atoms with van der Waals surface area (Å²) in [5.74, 6) is 0. The van der Waals surface area contributed by atoms with Crippen molar-refractivity contribution in [2.24, 2.45) is 0 Å². The Morgan fingerprint density at radius 2 is 1.80 bits per heavy atom. The molecule has 0 unspecified atom stereocenters. The van der Waals surface area contributed by atoms with Gasteiger partial charge in [-0.05, 0) is 52.3 Å². The molecule has 4 nitrogen and oxygen atoms in total. The summed E-state index contributed by atoms with van der Waals surface area (Å²) in [7, 11) is -3.78. The van der Waals surface area contributed by atoms with E-state index in [9.17, 15) is 8.42 Å². The number of rotatable bonds is 3. The van der Waals surface area contributed by atoms with E-state index in [0.29, 0.717) is 15.8 Å². The summed E-state index contributed by atoms with van der Waals surface area (Å²) in [6.07, 6.45) is 0. The minimum atomic E-state index is -3.78. The van der Waals surface area contributed by atoms with Crippen molar-refractivity contribution < 1.29 is 8.42 Å². The second kappa shape index (κ2) is 5.93. The highest BCUT2D eigenvalue weighted by Gasteiger charge is 2.19. The first-order valence-electron chi connectivity index (χ1n) is 5.32. The molecule has 8 heteroatoms. The van der Waals surface area contributed by atoms with Crippen LogP contribution in [0.2, 0.25) is 5.02 Å². The number of benzene rings is 2. The van der Waals surface area contributed by atoms with Gasteiger partial charge in [0.15, 0.2) is 0 Å². The minimum Gasteiger partial charge on any atom is -0.399 e. The number of hydrogen-bond donors (Lipinski definition) is 2. The van der Waals surface area contributed by atoms with Gasteiger partial charge in [-0.3, -0.25) is 4.72 Å². The Hall–Kier alpha value is -0.760. The van der Waals surface area contributed by atoms with Crippen molar-refractivity contribution in [2.45, 2.75) is 4.90 Å². The molecule has 0 heterocycles. The first kappa shape index (κ1) is 15.6. The Balaban J connectivity index is 2.41. The number of sulfonamides is 1. The van der Waals surface area contributed by atoms with E-state index in [1.807, 2.05) is 0 Å². The maximum atomic E-state index is 12.3. The predicted molar refractivity (Wildman–Crippen MR) is 88.5 cm³/mol. The monoisotopic (exact) mass is 438 g/mol. The average Bonchev–Trinajstić information content (AvgIpc) is 2.32. The van der Waals surface area contributed by atoms with Crippen molar-refractivity contribution >= 4 is 64.9 Å². The van der Waals surface area contributed by atoms with Gasteiger partial charge in [0.1, 0.15) is 4.90 Å². The highest BCUT2D eigenvalue weighted by molar-refractivity contribution is 9.11. The van der Waals surface area contributed by atoms with E-state index in [4.69, 9.17) is 17.3 Å². The summed E-state index contributed by atoms with van der Waals surface area (Å²) >= 11 is 12.5. The Morgan fingerprint density at radius 3 is 2.40 bits per heavy atom. The van der Waals surface area contributed by atoms with Crippen LogP contribution < -0.4 is 10.5 Å². The number of nitrogens with two attached hydrogens (primary N) is 1. The Bertz CT molecular complexity index is 766. The topological polar surface area (TPSA) is 72.2 Å². The smallest absolute Gasteiger partial charge is 0.263 e. The molecular weight excluding hydrogens is 431 g/mol. The number of nitrogens with one attached hydrogen (secondary N) is 1. The standard InChI is InChI=1S/C12H9Br2ClN2O2S/c13-7-1-3-11(9(14)5-7)17-20(18,19)12-4-2-8(16)6-10(12)15/h1-6,17H,16H2. The third-order valence-corrected chi connectivity index (χ3v) is 5.42. The Morgan fingerprint density at radius 1 is 1.10 bits per heavy atom. The molecule has 0 aliphatic rings. The highest BCUT2D eigenvalue weighted by atomic mass is 79.9. The Labute approximate surface area is 138 Å². The van der Waals surface area contributed by atoms with Crippen molar-refractivity contribution in [1.82, 2.24) is 0 Å². The van der Waals surface area contributed by atoms with Crippen LogP contribution in [-0.4, -0.2) is 8.42 Å². The van der Waals surface area contributed by atoms with Crippen molar-refractivity contribution in [3.05, 3.63) is 50.4 Å². The molecule has 2 aromatic rings. The number of anilines is 2. The Kier molecular flexibility index (Phi) is 4.63. The van der Waals surface area contributed by atoms with Gasteiger partial charge in [0, 0.05) is 14.6 Å². The molecular formula is C12H9Br2ClN2O2S. The van der Waals surface area contributed by atoms with Gasteiger partial charge in [-0.15, -0.1) is 0 Å². The van der Waals surface area contributed by atoms with Gasteiger partial charge in [0.05, 0.1) is 10.7 Å². The summed E-state index contributed by atoms with van der Waals surface area (Å²) in [4.78, 5) is -0.0248. The zero-order valence-corrected chi connectivity index (χ0v) is 14.6. The molecule has 0 bridgehead atoms. The fourth-order valence-corrected chi connectivity index (χ4v) is 4.42. The van der Waals surface area contributed by atoms with E-state index < -0.39 is 10.0 Å². The van der Waals surface area contributed by atoms with Crippen LogP contribution in [0.25, 0.3) is 0 Å². The predicted octanol–water partition coefficient (Wildman–Crippen LogP) is 4.25. The molecule has 0 aliphatic heterocycles. The molecule has 0 aliphatic carbocycles. The van der Waals surface area contributed by atoms with Gasteiger partial charge in [-0.1, -0.05) is 27.5 Å². The number of nitrogen functional groups attached to an aromatic ring is 1. The molecule has 0 saturated carbocycles. The third kappa shape index (κ3) is 3.46. The summed E-state index contributed by atoms with van der Waals surface area (Å²) in [6.45, 7) is 0. The lowest BCUT2D eigenvalue weighted by Gasteiger charge is -2.11. The second-order valence-corrected chi connectivity index (χ2v) is 7.75. The van der Waals surface area contributed by atoms with Gasteiger partial charge in [0.25, 0.3) is 10.0 Å². The lowest BCUT2D eigenvalue weighted by Crippen LogP contribution is -2.14.